The Bertz CT molecular complexity index is 1900. The fourth-order valence-corrected chi connectivity index (χ4v) is 7.63. The van der Waals surface area contributed by atoms with Crippen LogP contribution in [-0.4, -0.2) is 68.1 Å². The number of amides is 4. The van der Waals surface area contributed by atoms with Crippen molar-refractivity contribution in [3.8, 4) is 0 Å². The zero-order chi connectivity index (χ0) is 36.5. The lowest BCUT2D eigenvalue weighted by molar-refractivity contribution is -0.131. The number of hydrogen-bond acceptors (Lipinski definition) is 10. The third-order valence-corrected chi connectivity index (χ3v) is 10.4. The van der Waals surface area contributed by atoms with Crippen LogP contribution in [0.3, 0.4) is 0 Å². The molecule has 0 spiro atoms. The maximum Gasteiger partial charge on any atom is 0.271 e. The smallest absolute Gasteiger partial charge is 0.271 e. The molecule has 13 nitrogen and oxygen atoms in total. The highest BCUT2D eigenvalue weighted by molar-refractivity contribution is 7.10. The van der Waals surface area contributed by atoms with Gasteiger partial charge in [0, 0.05) is 48.1 Å². The molecule has 0 aliphatic carbocycles. The number of carbonyl (C=O) groups is 4. The van der Waals surface area contributed by atoms with Gasteiger partial charge in [0.2, 0.25) is 11.8 Å². The van der Waals surface area contributed by atoms with E-state index in [1.807, 2.05) is 30.3 Å². The molecule has 0 unspecified atom stereocenters. The van der Waals surface area contributed by atoms with Gasteiger partial charge < -0.3 is 25.8 Å². The van der Waals surface area contributed by atoms with E-state index in [1.165, 1.54) is 22.7 Å². The Balaban J connectivity index is 1.40. The highest BCUT2D eigenvalue weighted by atomic mass is 32.1. The monoisotopic (exact) mass is 732 g/mol. The second-order valence-corrected chi connectivity index (χ2v) is 14.9. The van der Waals surface area contributed by atoms with E-state index in [0.717, 1.165) is 5.56 Å². The zero-order valence-electron chi connectivity index (χ0n) is 29.3. The first kappa shape index (κ1) is 37.5. The van der Waals surface area contributed by atoms with E-state index in [0.29, 0.717) is 59.3 Å². The highest BCUT2D eigenvalue weighted by Crippen LogP contribution is 2.27. The van der Waals surface area contributed by atoms with Gasteiger partial charge in [-0.05, 0) is 51.0 Å². The summed E-state index contributed by atoms with van der Waals surface area (Å²) in [6.45, 7) is 8.37. The Morgan fingerprint density at radius 3 is 2.24 bits per heavy atom. The summed E-state index contributed by atoms with van der Waals surface area (Å²) in [5.41, 5.74) is 1.91. The lowest BCUT2D eigenvalue weighted by Crippen LogP contribution is -2.38. The third kappa shape index (κ3) is 10.4. The standard InChI is InChI=1S/C36H44N8O5S2/c1-21(2)16-26-35-43-29(20-51-35)34(49)41-27(17-24-10-6-5-7-11-24)36-42-28(19-50-36)33(48)37-13-9-15-44(14-8-12-30(45)40-26)31(46)18-25-22(3)38-23(4)39-32(25)47/h5-7,10-11,19-21,26-27H,8-9,12-18H2,1-4H3,(H,37,48)(H,40,45)(H,41,49)(H,38,39,47)/t26-,27-/m0/s1. The van der Waals surface area contributed by atoms with Crippen LogP contribution in [0.1, 0.15) is 105 Å². The summed E-state index contributed by atoms with van der Waals surface area (Å²) in [7, 11) is 0. The van der Waals surface area contributed by atoms with Gasteiger partial charge in [0.1, 0.15) is 27.2 Å². The molecule has 5 rings (SSSR count). The van der Waals surface area contributed by atoms with Gasteiger partial charge in [0.05, 0.1) is 18.5 Å². The number of aryl methyl sites for hydroxylation is 2. The molecule has 1 aliphatic rings. The normalized spacial score (nSPS) is 18.1. The zero-order valence-corrected chi connectivity index (χ0v) is 30.9. The predicted octanol–water partition coefficient (Wildman–Crippen LogP) is 4.20. The van der Waals surface area contributed by atoms with Crippen LogP contribution in [0.15, 0.2) is 45.9 Å². The fraction of sp³-hybridized carbons (Fsp3) is 0.444. The van der Waals surface area contributed by atoms with E-state index in [-0.39, 0.29) is 72.4 Å². The van der Waals surface area contributed by atoms with Gasteiger partial charge in [-0.2, -0.15) is 0 Å². The summed E-state index contributed by atoms with van der Waals surface area (Å²) in [5, 5.41) is 13.6. The number of nitrogens with one attached hydrogen (secondary N) is 4. The number of thiazole rings is 2. The number of rotatable bonds is 6. The Morgan fingerprint density at radius 2 is 1.55 bits per heavy atom. The molecule has 4 N–H and O–H groups in total. The number of aromatic amines is 1. The Labute approximate surface area is 304 Å². The van der Waals surface area contributed by atoms with Gasteiger partial charge in [0.25, 0.3) is 17.4 Å². The van der Waals surface area contributed by atoms with Crippen molar-refractivity contribution in [1.29, 1.82) is 0 Å². The Hall–Kier alpha value is -4.76. The second-order valence-electron chi connectivity index (χ2n) is 13.1. The molecule has 0 fully saturated rings. The lowest BCUT2D eigenvalue weighted by Gasteiger charge is -2.23. The van der Waals surface area contributed by atoms with E-state index >= 15 is 0 Å². The fourth-order valence-electron chi connectivity index (χ4n) is 5.92. The second kappa shape index (κ2) is 17.4. The van der Waals surface area contributed by atoms with Crippen LogP contribution >= 0.6 is 22.7 Å². The van der Waals surface area contributed by atoms with Crippen LogP contribution in [0.25, 0.3) is 0 Å². The number of fused-ring (bicyclic) bond motifs is 4. The summed E-state index contributed by atoms with van der Waals surface area (Å²) in [6, 6.07) is 8.81. The molecule has 4 amide bonds. The SMILES string of the molecule is Cc1nc(C)c(CC(=O)N2CCCNC(=O)c3csc(n3)[C@H](Cc3ccccc3)NC(=O)c3csc(n3)[C@H](CC(C)C)NC(=O)CCC2)c(=O)[nH]1. The van der Waals surface area contributed by atoms with Crippen LogP contribution in [0.2, 0.25) is 0 Å². The Kier molecular flexibility index (Phi) is 12.8. The molecule has 3 aromatic heterocycles. The first-order valence-electron chi connectivity index (χ1n) is 17.1. The van der Waals surface area contributed by atoms with E-state index in [9.17, 15) is 24.0 Å². The van der Waals surface area contributed by atoms with Gasteiger partial charge in [0.15, 0.2) is 0 Å². The van der Waals surface area contributed by atoms with Gasteiger partial charge >= 0.3 is 0 Å². The third-order valence-electron chi connectivity index (χ3n) is 8.48. The quantitative estimate of drug-likeness (QED) is 0.228. The van der Waals surface area contributed by atoms with E-state index < -0.39 is 12.1 Å². The van der Waals surface area contributed by atoms with Gasteiger partial charge in [-0.1, -0.05) is 44.2 Å². The molecule has 51 heavy (non-hydrogen) atoms. The molecule has 4 heterocycles. The van der Waals surface area contributed by atoms with Crippen molar-refractivity contribution in [2.24, 2.45) is 5.92 Å². The van der Waals surface area contributed by atoms with Crippen molar-refractivity contribution < 1.29 is 19.2 Å². The average Bonchev–Trinajstić information content (AvgIpc) is 3.78. The van der Waals surface area contributed by atoms with Gasteiger partial charge in [-0.25, -0.2) is 15.0 Å². The molecule has 1 aliphatic heterocycles. The first-order chi connectivity index (χ1) is 24.5. The lowest BCUT2D eigenvalue weighted by atomic mass is 10.0. The molecule has 270 valence electrons. The summed E-state index contributed by atoms with van der Waals surface area (Å²) >= 11 is 2.61. The predicted molar refractivity (Wildman–Crippen MR) is 196 cm³/mol. The molecule has 4 bridgehead atoms. The minimum Gasteiger partial charge on any atom is -0.351 e. The molecule has 0 radical (unpaired) electrons. The maximum atomic E-state index is 13.6. The van der Waals surface area contributed by atoms with Crippen LogP contribution < -0.4 is 21.5 Å². The summed E-state index contributed by atoms with van der Waals surface area (Å²) < 4.78 is 0. The number of carbonyl (C=O) groups excluding carboxylic acids is 4. The maximum absolute atomic E-state index is 13.6. The summed E-state index contributed by atoms with van der Waals surface area (Å²) in [5.74, 6) is -0.476. The molecule has 0 saturated heterocycles. The molecule has 1 aromatic carbocycles. The van der Waals surface area contributed by atoms with Crippen LogP contribution in [0.4, 0.5) is 0 Å². The Morgan fingerprint density at radius 1 is 0.882 bits per heavy atom. The topological polar surface area (TPSA) is 179 Å². The van der Waals surface area contributed by atoms with Crippen molar-refractivity contribution in [2.45, 2.75) is 78.3 Å². The van der Waals surface area contributed by atoms with Gasteiger partial charge in [-0.3, -0.25) is 24.0 Å². The summed E-state index contributed by atoms with van der Waals surface area (Å²) in [4.78, 5) is 84.0. The first-order valence-corrected chi connectivity index (χ1v) is 18.9. The van der Waals surface area contributed by atoms with Crippen molar-refractivity contribution in [1.82, 2.24) is 40.8 Å². The van der Waals surface area contributed by atoms with E-state index in [2.05, 4.69) is 49.7 Å². The van der Waals surface area contributed by atoms with E-state index in [1.54, 1.807) is 29.5 Å². The minimum absolute atomic E-state index is 0.131. The van der Waals surface area contributed by atoms with E-state index in [4.69, 9.17) is 0 Å². The number of H-pyrrole nitrogens is 1. The van der Waals surface area contributed by atoms with Gasteiger partial charge in [-0.15, -0.1) is 22.7 Å². The van der Waals surface area contributed by atoms with Crippen LogP contribution in [0.5, 0.6) is 0 Å². The van der Waals surface area contributed by atoms with Crippen LogP contribution in [0, 0.1) is 19.8 Å². The molecular weight excluding hydrogens is 689 g/mol. The molecule has 0 saturated carbocycles. The molecule has 2 atom stereocenters. The number of aromatic nitrogens is 4. The number of nitrogens with zero attached hydrogens (tertiary/aromatic N) is 4. The largest absolute Gasteiger partial charge is 0.351 e. The number of hydrogen-bond donors (Lipinski definition) is 4. The van der Waals surface area contributed by atoms with Crippen molar-refractivity contribution in [3.05, 3.63) is 95.5 Å². The van der Waals surface area contributed by atoms with Crippen molar-refractivity contribution in [3.63, 3.8) is 0 Å². The van der Waals surface area contributed by atoms with Crippen molar-refractivity contribution in [2.75, 3.05) is 19.6 Å². The minimum atomic E-state index is -0.518. The van der Waals surface area contributed by atoms with Crippen LogP contribution in [-0.2, 0) is 22.4 Å². The van der Waals surface area contributed by atoms with Crippen molar-refractivity contribution >= 4 is 46.3 Å². The number of benzene rings is 1. The molecule has 4 aromatic rings. The molecular formula is C36H44N8O5S2. The highest BCUT2D eigenvalue weighted by Gasteiger charge is 2.26. The average molecular weight is 733 g/mol. The molecule has 15 heteroatoms. The summed E-state index contributed by atoms with van der Waals surface area (Å²) in [6.07, 6.45) is 1.94.